The average Bonchev–Trinajstić information content (AvgIpc) is 0.985. The highest BCUT2D eigenvalue weighted by molar-refractivity contribution is 7.00. The second-order valence-electron chi connectivity index (χ2n) is 30.7. The van der Waals surface area contributed by atoms with Crippen LogP contribution in [0.2, 0.25) is 0 Å². The number of aromatic nitrogens is 2. The average molecular weight is 1350 g/mol. The number of benzene rings is 14. The van der Waals surface area contributed by atoms with Crippen LogP contribution in [-0.4, -0.2) is 15.8 Å². The summed E-state index contributed by atoms with van der Waals surface area (Å²) in [4.78, 5) is 4.45. The van der Waals surface area contributed by atoms with Crippen LogP contribution in [0.4, 0.5) is 34.1 Å². The lowest BCUT2D eigenvalue weighted by atomic mass is 9.33. The summed E-state index contributed by atoms with van der Waals surface area (Å²) in [6.07, 6.45) is 0. The number of hydrogen-bond acceptors (Lipinski definition) is 4. The Hall–Kier alpha value is -12.4. The number of rotatable bonds is 8. The maximum absolute atomic E-state index is 10.6. The van der Waals surface area contributed by atoms with E-state index in [9.17, 15) is 16.2 Å². The van der Waals surface area contributed by atoms with E-state index in [0.717, 1.165) is 94.2 Å². The van der Waals surface area contributed by atoms with Crippen molar-refractivity contribution in [3.8, 4) is 62.0 Å². The first-order valence-electron chi connectivity index (χ1n) is 41.8. The summed E-state index contributed by atoms with van der Waals surface area (Å²) in [6.45, 7) is 19.4. The summed E-state index contributed by atoms with van der Waals surface area (Å²) in [5.41, 5.74) is 19.0. The fraction of sp³-hybridized carbons (Fsp3) is 0.124. The van der Waals surface area contributed by atoms with Gasteiger partial charge in [-0.1, -0.05) is 256 Å². The largest absolute Gasteiger partial charge is 0.452 e. The first kappa shape index (κ1) is 50.1. The Bertz CT molecular complexity index is 7090. The second kappa shape index (κ2) is 23.3. The smallest absolute Gasteiger partial charge is 0.252 e. The molecule has 17 aromatic rings. The van der Waals surface area contributed by atoms with E-state index in [1.807, 2.05) is 91.0 Å². The molecule has 7 heteroatoms. The van der Waals surface area contributed by atoms with Crippen LogP contribution in [0, 0.1) is 11.3 Å². The van der Waals surface area contributed by atoms with Gasteiger partial charge in [0.2, 0.25) is 0 Å². The molecule has 14 aromatic carbocycles. The summed E-state index contributed by atoms with van der Waals surface area (Å²) in [5.74, 6) is 0. The Balaban J connectivity index is 0.978. The van der Waals surface area contributed by atoms with Crippen molar-refractivity contribution >= 4 is 123 Å². The summed E-state index contributed by atoms with van der Waals surface area (Å²) in [5, 5.41) is 13.4. The molecule has 19 rings (SSSR count). The van der Waals surface area contributed by atoms with E-state index < -0.39 is 85.3 Å². The van der Waals surface area contributed by atoms with Gasteiger partial charge in [0, 0.05) is 66.4 Å². The highest BCUT2D eigenvalue weighted by atomic mass is 16.3. The Kier molecular flexibility index (Phi) is 11.2. The number of nitriles is 1. The minimum atomic E-state index is -0.608. The third kappa shape index (κ3) is 9.98. The number of fused-ring (bicyclic) bond motifs is 13. The highest BCUT2D eigenvalue weighted by Crippen LogP contribution is 2.52. The molecule has 2 aliphatic rings. The Morgan fingerprint density at radius 1 is 0.327 bits per heavy atom. The van der Waals surface area contributed by atoms with Crippen LogP contribution in [0.3, 0.4) is 0 Å². The van der Waals surface area contributed by atoms with Crippen LogP contribution in [0.25, 0.3) is 121 Å². The fourth-order valence-electron chi connectivity index (χ4n) is 16.0. The van der Waals surface area contributed by atoms with Gasteiger partial charge in [0.05, 0.1) is 62.9 Å². The predicted octanol–water partition coefficient (Wildman–Crippen LogP) is 24.3. The van der Waals surface area contributed by atoms with Crippen molar-refractivity contribution in [2.24, 2.45) is 0 Å². The first-order chi connectivity index (χ1) is 55.8. The van der Waals surface area contributed by atoms with Crippen LogP contribution in [-0.2, 0) is 16.2 Å². The molecule has 5 heterocycles. The van der Waals surface area contributed by atoms with Crippen molar-refractivity contribution < 1.29 is 22.2 Å². The standard InChI is InChI=1S/C97H76BN5O/c1-95(2,3)69-41-46-85-79(57-69)78-47-60(59-99)39-45-84(78)100(85)72-42-44-81-89(58-72)103(87-38-24-34-77-76-33-23-37-86(93(76)104-94(77)87)102-82-35-21-19-31-74(82)75-32-20-22-36-83(75)102)91-55-68(63-29-17-12-18-30-63)54-90-92(91)98(81)80-43-40-64(67-49-70(96(4,5)6)56-71(50-67)97(7,8)9)53-88(80)101(90)73-51-65(61-25-13-10-14-26-61)48-66(52-73)62-27-15-11-16-28-62/h10-58H,1-9H3/i12D,17D,18D,19D,20D,21D,22D,29D,30D,31D,32D,35D,36D. The van der Waals surface area contributed by atoms with Gasteiger partial charge in [-0.05, 0) is 197 Å². The zero-order valence-electron chi connectivity index (χ0n) is 72.0. The normalized spacial score (nSPS) is 14.7. The van der Waals surface area contributed by atoms with E-state index in [1.54, 1.807) is 12.1 Å². The zero-order valence-corrected chi connectivity index (χ0v) is 59.0. The van der Waals surface area contributed by atoms with Crippen molar-refractivity contribution in [3.63, 3.8) is 0 Å². The molecule has 0 bridgehead atoms. The van der Waals surface area contributed by atoms with Crippen LogP contribution >= 0.6 is 0 Å². The van der Waals surface area contributed by atoms with E-state index >= 15 is 0 Å². The van der Waals surface area contributed by atoms with Crippen LogP contribution < -0.4 is 26.2 Å². The molecule has 0 aliphatic carbocycles. The van der Waals surface area contributed by atoms with E-state index in [1.165, 1.54) is 15.7 Å². The lowest BCUT2D eigenvalue weighted by Gasteiger charge is -2.44. The lowest BCUT2D eigenvalue weighted by molar-refractivity contribution is 0.569. The number of nitrogens with zero attached hydrogens (tertiary/aromatic N) is 5. The first-order valence-corrected chi connectivity index (χ1v) is 35.3. The molecule has 0 amide bonds. The van der Waals surface area contributed by atoms with Crippen LogP contribution in [0.15, 0.2) is 301 Å². The maximum Gasteiger partial charge on any atom is 0.252 e. The van der Waals surface area contributed by atoms with Crippen molar-refractivity contribution in [3.05, 3.63) is 319 Å². The molecule has 0 atom stereocenters. The lowest BCUT2D eigenvalue weighted by Crippen LogP contribution is -2.61. The third-order valence-electron chi connectivity index (χ3n) is 21.2. The predicted molar refractivity (Wildman–Crippen MR) is 439 cm³/mol. The van der Waals surface area contributed by atoms with Gasteiger partial charge < -0.3 is 23.4 Å². The van der Waals surface area contributed by atoms with Gasteiger partial charge in [-0.3, -0.25) is 0 Å². The Morgan fingerprint density at radius 3 is 1.46 bits per heavy atom. The van der Waals surface area contributed by atoms with Gasteiger partial charge in [-0.2, -0.15) is 5.26 Å². The molecular formula is C97H76BN5O. The maximum atomic E-state index is 10.6. The van der Waals surface area contributed by atoms with E-state index in [0.29, 0.717) is 50.2 Å². The van der Waals surface area contributed by atoms with Crippen molar-refractivity contribution in [2.75, 3.05) is 9.80 Å². The van der Waals surface area contributed by atoms with Crippen molar-refractivity contribution in [1.82, 2.24) is 9.13 Å². The van der Waals surface area contributed by atoms with Crippen LogP contribution in [0.5, 0.6) is 0 Å². The number of hydrogen-bond donors (Lipinski definition) is 0. The molecule has 498 valence electrons. The monoisotopic (exact) mass is 1350 g/mol. The van der Waals surface area contributed by atoms with Gasteiger partial charge in [0.15, 0.2) is 11.2 Å². The molecule has 0 saturated carbocycles. The zero-order chi connectivity index (χ0) is 82.0. The van der Waals surface area contributed by atoms with Gasteiger partial charge in [0.1, 0.15) is 0 Å². The van der Waals surface area contributed by atoms with E-state index in [-0.39, 0.29) is 54.9 Å². The molecule has 104 heavy (non-hydrogen) atoms. The third-order valence-corrected chi connectivity index (χ3v) is 21.2. The molecule has 3 aromatic heterocycles. The molecule has 2 aliphatic heterocycles. The molecular weight excluding hydrogens is 1260 g/mol. The summed E-state index contributed by atoms with van der Waals surface area (Å²) < 4.78 is 133. The van der Waals surface area contributed by atoms with Crippen molar-refractivity contribution in [1.29, 1.82) is 5.26 Å². The van der Waals surface area contributed by atoms with Gasteiger partial charge in [-0.15, -0.1) is 0 Å². The minimum Gasteiger partial charge on any atom is -0.452 e. The van der Waals surface area contributed by atoms with Gasteiger partial charge in [-0.25, -0.2) is 0 Å². The van der Waals surface area contributed by atoms with Crippen LogP contribution in [0.1, 0.15) is 102 Å². The summed E-state index contributed by atoms with van der Waals surface area (Å²) >= 11 is 0. The van der Waals surface area contributed by atoms with Gasteiger partial charge in [0.25, 0.3) is 6.71 Å². The molecule has 0 saturated heterocycles. The fourth-order valence-corrected chi connectivity index (χ4v) is 16.0. The Morgan fingerprint density at radius 2 is 0.846 bits per heavy atom. The minimum absolute atomic E-state index is 0.0299. The van der Waals surface area contributed by atoms with Crippen molar-refractivity contribution in [2.45, 2.75) is 78.6 Å². The number of para-hydroxylation sites is 4. The summed E-state index contributed by atoms with van der Waals surface area (Å²) in [7, 11) is 0. The Labute approximate surface area is 625 Å². The van der Waals surface area contributed by atoms with Gasteiger partial charge >= 0.3 is 0 Å². The number of furan rings is 1. The molecule has 0 fully saturated rings. The molecule has 0 N–H and O–H groups in total. The second-order valence-corrected chi connectivity index (χ2v) is 30.7. The molecule has 0 spiro atoms. The van der Waals surface area contributed by atoms with E-state index in [4.69, 9.17) is 11.3 Å². The molecule has 6 nitrogen and oxygen atoms in total. The SMILES string of the molecule is [2H]c1c([2H])c([2H])c(-c2cc3c4c(c2)N(c2cccc5c2oc2c(-n6c7c([2H])c([2H])c([2H])c([2H])c7c7c([2H])c([2H])c([2H])c([2H])c76)cccc25)c2cc(-n5c6ccc(C#N)cc6c6cc(C(C)(C)C)ccc65)ccc2B4c2ccc(-c4cc(C(C)(C)C)cc(C(C)(C)C)c4)cc2N3c2cc(-c3ccccc3)cc(-c3ccccc3)c2)c([2H])c1[2H]. The van der Waals surface area contributed by atoms with E-state index in [2.05, 4.69) is 198 Å². The highest BCUT2D eigenvalue weighted by Gasteiger charge is 2.45. The quantitative estimate of drug-likeness (QED) is 0.142. The topological polar surface area (TPSA) is 53.3 Å². The molecule has 0 radical (unpaired) electrons. The number of anilines is 6. The summed E-state index contributed by atoms with van der Waals surface area (Å²) in [6, 6.07) is 70.8. The molecule has 0 unspecified atom stereocenters.